The minimum Gasteiger partial charge on any atom is -0.327 e. The van der Waals surface area contributed by atoms with Gasteiger partial charge >= 0.3 is 0 Å². The first-order valence-corrected chi connectivity index (χ1v) is 5.69. The fraction of sp³-hybridized carbons (Fsp3) is 1.00. The van der Waals surface area contributed by atoms with E-state index in [1.807, 2.05) is 7.05 Å². The number of hydrogen-bond acceptors (Lipinski definition) is 2. The maximum absolute atomic E-state index is 6.37. The molecule has 0 amide bonds. The smallest absolute Gasteiger partial charge is 0.0136 e. The highest BCUT2D eigenvalue weighted by Gasteiger charge is 2.45. The van der Waals surface area contributed by atoms with E-state index in [9.17, 15) is 0 Å². The summed E-state index contributed by atoms with van der Waals surface area (Å²) in [5, 5.41) is 3.31. The molecule has 2 saturated carbocycles. The van der Waals surface area contributed by atoms with E-state index in [-0.39, 0.29) is 0 Å². The molecule has 0 aliphatic heterocycles. The van der Waals surface area contributed by atoms with E-state index >= 15 is 0 Å². The molecule has 2 aliphatic rings. The van der Waals surface area contributed by atoms with Crippen molar-refractivity contribution in [2.45, 2.75) is 44.6 Å². The van der Waals surface area contributed by atoms with Crippen LogP contribution in [0.25, 0.3) is 0 Å². The van der Waals surface area contributed by atoms with Crippen LogP contribution in [0.5, 0.6) is 0 Å². The second-order valence-corrected chi connectivity index (χ2v) is 4.96. The van der Waals surface area contributed by atoms with E-state index in [0.29, 0.717) is 11.5 Å². The van der Waals surface area contributed by atoms with Crippen molar-refractivity contribution in [1.29, 1.82) is 0 Å². The lowest BCUT2D eigenvalue weighted by atomic mass is 9.58. The monoisotopic (exact) mass is 182 g/mol. The maximum Gasteiger partial charge on any atom is 0.0136 e. The van der Waals surface area contributed by atoms with E-state index in [1.165, 1.54) is 38.5 Å². The highest BCUT2D eigenvalue weighted by molar-refractivity contribution is 5.01. The molecule has 0 spiro atoms. The van der Waals surface area contributed by atoms with Gasteiger partial charge in [0.15, 0.2) is 0 Å². The molecule has 0 heterocycles. The molecule has 1 unspecified atom stereocenters. The fourth-order valence-corrected chi connectivity index (χ4v) is 2.91. The van der Waals surface area contributed by atoms with Crippen LogP contribution in [-0.4, -0.2) is 19.6 Å². The quantitative estimate of drug-likeness (QED) is 0.691. The number of rotatable bonds is 4. The SMILES string of the molecule is CNCC1(C(N)C2CCC2)CCC1. The Morgan fingerprint density at radius 1 is 1.38 bits per heavy atom. The molecule has 0 radical (unpaired) electrons. The largest absolute Gasteiger partial charge is 0.327 e. The third kappa shape index (κ3) is 1.50. The Hall–Kier alpha value is -0.0800. The van der Waals surface area contributed by atoms with E-state index in [2.05, 4.69) is 5.32 Å². The van der Waals surface area contributed by atoms with Crippen molar-refractivity contribution in [2.24, 2.45) is 17.1 Å². The topological polar surface area (TPSA) is 38.0 Å². The van der Waals surface area contributed by atoms with Gasteiger partial charge in [-0.2, -0.15) is 0 Å². The zero-order valence-electron chi connectivity index (χ0n) is 8.68. The molecule has 0 aromatic heterocycles. The predicted molar refractivity (Wildman–Crippen MR) is 55.5 cm³/mol. The number of nitrogens with one attached hydrogen (secondary N) is 1. The molecule has 2 fully saturated rings. The van der Waals surface area contributed by atoms with E-state index in [0.717, 1.165) is 12.5 Å². The van der Waals surface area contributed by atoms with Gasteiger partial charge in [0.05, 0.1) is 0 Å². The molecule has 2 nitrogen and oxygen atoms in total. The summed E-state index contributed by atoms with van der Waals surface area (Å²) in [4.78, 5) is 0. The van der Waals surface area contributed by atoms with Gasteiger partial charge in [-0.3, -0.25) is 0 Å². The van der Waals surface area contributed by atoms with Gasteiger partial charge in [0.2, 0.25) is 0 Å². The number of nitrogens with two attached hydrogens (primary N) is 1. The van der Waals surface area contributed by atoms with Gasteiger partial charge in [0, 0.05) is 12.6 Å². The van der Waals surface area contributed by atoms with Gasteiger partial charge in [0.1, 0.15) is 0 Å². The van der Waals surface area contributed by atoms with Crippen molar-refractivity contribution in [2.75, 3.05) is 13.6 Å². The molecule has 0 aromatic carbocycles. The summed E-state index contributed by atoms with van der Waals surface area (Å²) in [6, 6.07) is 0.474. The second-order valence-electron chi connectivity index (χ2n) is 4.96. The van der Waals surface area contributed by atoms with Gasteiger partial charge in [-0.1, -0.05) is 12.8 Å². The fourth-order valence-electron chi connectivity index (χ4n) is 2.91. The molecule has 0 aromatic rings. The maximum atomic E-state index is 6.37. The lowest BCUT2D eigenvalue weighted by Gasteiger charge is -2.51. The third-order valence-corrected chi connectivity index (χ3v) is 4.24. The number of hydrogen-bond donors (Lipinski definition) is 2. The standard InChI is InChI=1S/C11H22N2/c1-13-8-11(6-3-7-11)10(12)9-4-2-5-9/h9-10,13H,2-8,12H2,1H3. The minimum absolute atomic E-state index is 0.472. The summed E-state index contributed by atoms with van der Waals surface area (Å²) in [5.74, 6) is 0.841. The van der Waals surface area contributed by atoms with Crippen LogP contribution in [-0.2, 0) is 0 Å². The van der Waals surface area contributed by atoms with E-state index in [1.54, 1.807) is 0 Å². The molecule has 2 heteroatoms. The first-order chi connectivity index (χ1) is 6.28. The average molecular weight is 182 g/mol. The minimum atomic E-state index is 0.472. The Morgan fingerprint density at radius 2 is 2.08 bits per heavy atom. The van der Waals surface area contributed by atoms with Crippen molar-refractivity contribution < 1.29 is 0 Å². The predicted octanol–water partition coefficient (Wildman–Crippen LogP) is 1.50. The van der Waals surface area contributed by atoms with Crippen LogP contribution in [0.2, 0.25) is 0 Å². The Bertz CT molecular complexity index is 171. The van der Waals surface area contributed by atoms with Crippen LogP contribution < -0.4 is 11.1 Å². The first kappa shape index (κ1) is 9.47. The highest BCUT2D eigenvalue weighted by atomic mass is 14.9. The van der Waals surface area contributed by atoms with Gasteiger partial charge in [-0.15, -0.1) is 0 Å². The second kappa shape index (κ2) is 3.58. The molecule has 0 saturated heterocycles. The molecular formula is C11H22N2. The zero-order valence-corrected chi connectivity index (χ0v) is 8.68. The van der Waals surface area contributed by atoms with Crippen LogP contribution in [0.15, 0.2) is 0 Å². The Kier molecular flexibility index (Phi) is 2.61. The van der Waals surface area contributed by atoms with Crippen LogP contribution in [0.4, 0.5) is 0 Å². The van der Waals surface area contributed by atoms with Crippen LogP contribution in [0.1, 0.15) is 38.5 Å². The van der Waals surface area contributed by atoms with Crippen molar-refractivity contribution in [1.82, 2.24) is 5.32 Å². The summed E-state index contributed by atoms with van der Waals surface area (Å²) in [6.07, 6.45) is 8.27. The van der Waals surface area contributed by atoms with Gasteiger partial charge < -0.3 is 11.1 Å². The van der Waals surface area contributed by atoms with Crippen LogP contribution in [0.3, 0.4) is 0 Å². The molecule has 76 valence electrons. The lowest BCUT2D eigenvalue weighted by Crippen LogP contribution is -2.56. The molecule has 2 rings (SSSR count). The van der Waals surface area contributed by atoms with Crippen LogP contribution >= 0.6 is 0 Å². The zero-order chi connectivity index (χ0) is 9.31. The highest BCUT2D eigenvalue weighted by Crippen LogP contribution is 2.48. The third-order valence-electron chi connectivity index (χ3n) is 4.24. The first-order valence-electron chi connectivity index (χ1n) is 5.69. The van der Waals surface area contributed by atoms with Gasteiger partial charge in [-0.25, -0.2) is 0 Å². The molecular weight excluding hydrogens is 160 g/mol. The summed E-state index contributed by atoms with van der Waals surface area (Å²) in [7, 11) is 2.05. The Balaban J connectivity index is 1.93. The Labute approximate surface area is 81.3 Å². The Morgan fingerprint density at radius 3 is 2.38 bits per heavy atom. The summed E-state index contributed by atoms with van der Waals surface area (Å²) >= 11 is 0. The lowest BCUT2D eigenvalue weighted by molar-refractivity contribution is 0.0411. The van der Waals surface area contributed by atoms with Gasteiger partial charge in [0.25, 0.3) is 0 Å². The van der Waals surface area contributed by atoms with Gasteiger partial charge in [-0.05, 0) is 44.1 Å². The molecule has 13 heavy (non-hydrogen) atoms. The normalized spacial score (nSPS) is 29.1. The van der Waals surface area contributed by atoms with E-state index in [4.69, 9.17) is 5.73 Å². The van der Waals surface area contributed by atoms with Crippen LogP contribution in [0, 0.1) is 11.3 Å². The van der Waals surface area contributed by atoms with E-state index < -0.39 is 0 Å². The molecule has 0 bridgehead atoms. The molecule has 1 atom stereocenters. The van der Waals surface area contributed by atoms with Crippen molar-refractivity contribution >= 4 is 0 Å². The van der Waals surface area contributed by atoms with Crippen molar-refractivity contribution in [3.05, 3.63) is 0 Å². The van der Waals surface area contributed by atoms with Crippen molar-refractivity contribution in [3.63, 3.8) is 0 Å². The molecule has 3 N–H and O–H groups in total. The summed E-state index contributed by atoms with van der Waals surface area (Å²) < 4.78 is 0. The summed E-state index contributed by atoms with van der Waals surface area (Å²) in [6.45, 7) is 1.13. The average Bonchev–Trinajstić information content (AvgIpc) is 1.92. The molecule has 2 aliphatic carbocycles. The van der Waals surface area contributed by atoms with Crippen molar-refractivity contribution in [3.8, 4) is 0 Å². The summed E-state index contributed by atoms with van der Waals surface area (Å²) in [5.41, 5.74) is 6.84.